The Morgan fingerprint density at radius 2 is 1.75 bits per heavy atom. The van der Waals surface area contributed by atoms with Crippen molar-refractivity contribution in [3.63, 3.8) is 0 Å². The maximum Gasteiger partial charge on any atom is 0.235 e. The Balaban J connectivity index is 1.51. The van der Waals surface area contributed by atoms with E-state index in [4.69, 9.17) is 4.74 Å². The quantitative estimate of drug-likeness (QED) is 0.499. The Morgan fingerprint density at radius 1 is 1.00 bits per heavy atom. The number of nitrogens with one attached hydrogen (secondary N) is 1. The molecule has 1 N–H and O–H groups in total. The molecule has 2 aromatic carbocycles. The first-order valence-corrected chi connectivity index (χ1v) is 9.21. The summed E-state index contributed by atoms with van der Waals surface area (Å²) in [7, 11) is 1.63. The van der Waals surface area contributed by atoms with Crippen LogP contribution in [0, 0.1) is 5.82 Å². The molecule has 0 aliphatic heterocycles. The molecule has 0 fully saturated rings. The number of hydrogen-bond donors (Lipinski definition) is 1. The van der Waals surface area contributed by atoms with Gasteiger partial charge in [-0.1, -0.05) is 11.3 Å². The fourth-order valence-electron chi connectivity index (χ4n) is 2.84. The molecule has 0 bridgehead atoms. The molecule has 138 valence electrons. The topological polar surface area (TPSA) is 81.0 Å². The van der Waals surface area contributed by atoms with Gasteiger partial charge in [0.05, 0.1) is 12.8 Å². The second-order valence-corrected chi connectivity index (χ2v) is 6.98. The molecule has 0 saturated carbocycles. The summed E-state index contributed by atoms with van der Waals surface area (Å²) in [5.41, 5.74) is 3.15. The minimum absolute atomic E-state index is 0.285. The van der Waals surface area contributed by atoms with E-state index in [9.17, 15) is 4.39 Å². The first-order valence-electron chi connectivity index (χ1n) is 8.39. The Morgan fingerprint density at radius 3 is 2.50 bits per heavy atom. The molecule has 3 heterocycles. The van der Waals surface area contributed by atoms with Crippen LogP contribution in [0.1, 0.15) is 0 Å². The van der Waals surface area contributed by atoms with Crippen LogP contribution in [0.4, 0.5) is 4.39 Å². The molecule has 5 rings (SSSR count). The summed E-state index contributed by atoms with van der Waals surface area (Å²) in [6.07, 6.45) is 0. The Bertz CT molecular complexity index is 1260. The molecule has 0 radical (unpaired) electrons. The second kappa shape index (κ2) is 6.54. The summed E-state index contributed by atoms with van der Waals surface area (Å²) in [6.45, 7) is 0. The zero-order chi connectivity index (χ0) is 19.1. The molecule has 0 aliphatic rings. The van der Waals surface area contributed by atoms with E-state index in [1.54, 1.807) is 23.8 Å². The lowest BCUT2D eigenvalue weighted by Crippen LogP contribution is -1.91. The van der Waals surface area contributed by atoms with Gasteiger partial charge in [-0.25, -0.2) is 4.39 Å². The summed E-state index contributed by atoms with van der Waals surface area (Å²) in [5, 5.41) is 21.2. The molecule has 9 heteroatoms. The van der Waals surface area contributed by atoms with Gasteiger partial charge in [-0.05, 0) is 54.6 Å². The van der Waals surface area contributed by atoms with E-state index in [1.807, 2.05) is 30.3 Å². The van der Waals surface area contributed by atoms with Crippen molar-refractivity contribution in [3.05, 3.63) is 60.4 Å². The predicted molar refractivity (Wildman–Crippen MR) is 104 cm³/mol. The zero-order valence-electron chi connectivity index (χ0n) is 14.6. The highest BCUT2D eigenvalue weighted by Gasteiger charge is 2.17. The van der Waals surface area contributed by atoms with Gasteiger partial charge in [-0.3, -0.25) is 5.10 Å². The third-order valence-corrected chi connectivity index (χ3v) is 5.23. The third-order valence-electron chi connectivity index (χ3n) is 4.29. The lowest BCUT2D eigenvalue weighted by Gasteiger charge is -1.99. The second-order valence-electron chi connectivity index (χ2n) is 6.03. The van der Waals surface area contributed by atoms with Crippen LogP contribution in [0.25, 0.3) is 38.3 Å². The lowest BCUT2D eigenvalue weighted by molar-refractivity contribution is 0.415. The summed E-state index contributed by atoms with van der Waals surface area (Å²) in [6, 6.07) is 15.7. The van der Waals surface area contributed by atoms with Gasteiger partial charge in [0.1, 0.15) is 22.3 Å². The van der Waals surface area contributed by atoms with Crippen molar-refractivity contribution >= 4 is 16.3 Å². The number of aromatic nitrogens is 6. The van der Waals surface area contributed by atoms with Gasteiger partial charge in [0.15, 0.2) is 0 Å². The van der Waals surface area contributed by atoms with Gasteiger partial charge in [0, 0.05) is 11.1 Å². The van der Waals surface area contributed by atoms with Gasteiger partial charge >= 0.3 is 0 Å². The number of halogens is 1. The SMILES string of the molecule is COc1ccc(-c2nn3c(-c4cc(-c5ccc(F)cc5)n[nH]4)nnc3s2)cc1. The summed E-state index contributed by atoms with van der Waals surface area (Å²) < 4.78 is 20.0. The first-order chi connectivity index (χ1) is 13.7. The standard InChI is InChI=1S/C19H13FN6OS/c1-27-14-8-4-12(5-9-14)18-25-26-17(23-24-19(26)28-18)16-10-15(21-22-16)11-2-6-13(20)7-3-11/h2-10H,1H3,(H,21,22). The number of H-pyrrole nitrogens is 1. The molecule has 0 unspecified atom stereocenters. The molecule has 0 atom stereocenters. The number of fused-ring (bicyclic) bond motifs is 1. The molecule has 7 nitrogen and oxygen atoms in total. The van der Waals surface area contributed by atoms with Crippen molar-refractivity contribution in [2.75, 3.05) is 7.11 Å². The molecule has 0 amide bonds. The van der Waals surface area contributed by atoms with Crippen LogP contribution in [0.5, 0.6) is 5.75 Å². The average Bonchev–Trinajstić information content (AvgIpc) is 3.44. The van der Waals surface area contributed by atoms with E-state index in [-0.39, 0.29) is 5.82 Å². The van der Waals surface area contributed by atoms with Gasteiger partial charge < -0.3 is 4.74 Å². The normalized spacial score (nSPS) is 11.2. The van der Waals surface area contributed by atoms with E-state index < -0.39 is 0 Å². The number of benzene rings is 2. The maximum atomic E-state index is 13.1. The summed E-state index contributed by atoms with van der Waals surface area (Å²) in [4.78, 5) is 0.679. The highest BCUT2D eigenvalue weighted by atomic mass is 32.1. The smallest absolute Gasteiger partial charge is 0.235 e. The number of rotatable bonds is 4. The molecule has 0 spiro atoms. The van der Waals surface area contributed by atoms with Crippen LogP contribution in [0.15, 0.2) is 54.6 Å². The van der Waals surface area contributed by atoms with E-state index in [0.717, 1.165) is 21.9 Å². The third kappa shape index (κ3) is 2.81. The number of ether oxygens (including phenoxy) is 1. The molecular weight excluding hydrogens is 379 g/mol. The van der Waals surface area contributed by atoms with E-state index in [0.29, 0.717) is 22.2 Å². The van der Waals surface area contributed by atoms with Crippen LogP contribution in [0.2, 0.25) is 0 Å². The van der Waals surface area contributed by atoms with Crippen LogP contribution in [-0.4, -0.2) is 37.1 Å². The molecular formula is C19H13FN6OS. The minimum Gasteiger partial charge on any atom is -0.497 e. The average molecular weight is 392 g/mol. The fourth-order valence-corrected chi connectivity index (χ4v) is 3.68. The predicted octanol–water partition coefficient (Wildman–Crippen LogP) is 4.06. The van der Waals surface area contributed by atoms with Gasteiger partial charge in [0.25, 0.3) is 0 Å². The van der Waals surface area contributed by atoms with E-state index >= 15 is 0 Å². The number of nitrogens with zero attached hydrogens (tertiary/aromatic N) is 5. The number of hydrogen-bond acceptors (Lipinski definition) is 6. The maximum absolute atomic E-state index is 13.1. The van der Waals surface area contributed by atoms with Crippen molar-refractivity contribution in [1.29, 1.82) is 0 Å². The van der Waals surface area contributed by atoms with Crippen molar-refractivity contribution in [1.82, 2.24) is 30.0 Å². The highest BCUT2D eigenvalue weighted by Crippen LogP contribution is 2.29. The largest absolute Gasteiger partial charge is 0.497 e. The van der Waals surface area contributed by atoms with E-state index in [1.165, 1.54) is 23.5 Å². The van der Waals surface area contributed by atoms with Crippen molar-refractivity contribution in [2.45, 2.75) is 0 Å². The first kappa shape index (κ1) is 16.6. The van der Waals surface area contributed by atoms with Gasteiger partial charge in [-0.2, -0.15) is 14.7 Å². The van der Waals surface area contributed by atoms with Crippen LogP contribution in [0.3, 0.4) is 0 Å². The van der Waals surface area contributed by atoms with Crippen molar-refractivity contribution in [2.24, 2.45) is 0 Å². The van der Waals surface area contributed by atoms with Crippen LogP contribution >= 0.6 is 11.3 Å². The van der Waals surface area contributed by atoms with Crippen molar-refractivity contribution in [3.8, 4) is 39.1 Å². The van der Waals surface area contributed by atoms with Gasteiger partial charge in [-0.15, -0.1) is 10.2 Å². The molecule has 0 saturated heterocycles. The Kier molecular flexibility index (Phi) is 3.87. The number of aromatic amines is 1. The minimum atomic E-state index is -0.285. The highest BCUT2D eigenvalue weighted by molar-refractivity contribution is 7.19. The summed E-state index contributed by atoms with van der Waals surface area (Å²) in [5.74, 6) is 1.07. The van der Waals surface area contributed by atoms with E-state index in [2.05, 4.69) is 25.5 Å². The zero-order valence-corrected chi connectivity index (χ0v) is 15.4. The van der Waals surface area contributed by atoms with Crippen LogP contribution in [-0.2, 0) is 0 Å². The fraction of sp³-hybridized carbons (Fsp3) is 0.0526. The molecule has 5 aromatic rings. The van der Waals surface area contributed by atoms with Crippen molar-refractivity contribution < 1.29 is 9.13 Å². The Labute approximate surface area is 162 Å². The molecule has 28 heavy (non-hydrogen) atoms. The molecule has 3 aromatic heterocycles. The molecule has 0 aliphatic carbocycles. The van der Waals surface area contributed by atoms with Crippen LogP contribution < -0.4 is 4.74 Å². The Hall–Kier alpha value is -3.59. The lowest BCUT2D eigenvalue weighted by atomic mass is 10.1. The van der Waals surface area contributed by atoms with Gasteiger partial charge in [0.2, 0.25) is 10.8 Å². The monoisotopic (exact) mass is 392 g/mol. The summed E-state index contributed by atoms with van der Waals surface area (Å²) >= 11 is 1.45. The number of methoxy groups -OCH3 is 1.